The van der Waals surface area contributed by atoms with Crippen LogP contribution in [0.15, 0.2) is 0 Å². The molecule has 146 valence electrons. The van der Waals surface area contributed by atoms with E-state index in [-0.39, 0.29) is 6.61 Å². The fraction of sp³-hybridized carbons (Fsp3) is 0.688. The Bertz CT molecular complexity index is 673. The Labute approximate surface area is 147 Å². The fourth-order valence-corrected chi connectivity index (χ4v) is 2.94. The summed E-state index contributed by atoms with van der Waals surface area (Å²) in [6, 6.07) is 0. The number of hydrogen-bond acceptors (Lipinski definition) is 6. The maximum Gasteiger partial charge on any atom is 0.255 e. The third-order valence-electron chi connectivity index (χ3n) is 3.97. The SMILES string of the molecule is CC1(C)OCC(C2OC(C)(C)OC2COc2c(F)c(F)nc(F)c2F)O1. The van der Waals surface area contributed by atoms with Crippen molar-refractivity contribution in [1.82, 2.24) is 4.98 Å². The maximum atomic E-state index is 13.7. The molecule has 0 N–H and O–H groups in total. The second-order valence-corrected chi connectivity index (χ2v) is 6.97. The van der Waals surface area contributed by atoms with Crippen LogP contribution in [-0.2, 0) is 18.9 Å². The summed E-state index contributed by atoms with van der Waals surface area (Å²) in [6.07, 6.45) is -2.00. The minimum absolute atomic E-state index is 0.217. The van der Waals surface area contributed by atoms with Crippen LogP contribution >= 0.6 is 0 Å². The molecular formula is C16H19F4NO5. The molecule has 10 heteroatoms. The Morgan fingerprint density at radius 1 is 0.962 bits per heavy atom. The molecular weight excluding hydrogens is 362 g/mol. The van der Waals surface area contributed by atoms with Crippen molar-refractivity contribution in [3.05, 3.63) is 23.5 Å². The van der Waals surface area contributed by atoms with Crippen molar-refractivity contribution in [2.45, 2.75) is 57.6 Å². The molecule has 2 aliphatic rings. The minimum Gasteiger partial charge on any atom is -0.484 e. The van der Waals surface area contributed by atoms with E-state index in [2.05, 4.69) is 4.98 Å². The summed E-state index contributed by atoms with van der Waals surface area (Å²) in [5.41, 5.74) is 0. The molecule has 2 aliphatic heterocycles. The highest BCUT2D eigenvalue weighted by atomic mass is 19.2. The number of rotatable bonds is 4. The van der Waals surface area contributed by atoms with Gasteiger partial charge in [-0.1, -0.05) is 0 Å². The molecule has 0 spiro atoms. The van der Waals surface area contributed by atoms with Gasteiger partial charge in [-0.15, -0.1) is 0 Å². The smallest absolute Gasteiger partial charge is 0.255 e. The van der Waals surface area contributed by atoms with Gasteiger partial charge < -0.3 is 23.7 Å². The molecule has 1 aromatic heterocycles. The lowest BCUT2D eigenvalue weighted by Gasteiger charge is -2.24. The molecule has 3 unspecified atom stereocenters. The van der Waals surface area contributed by atoms with Crippen LogP contribution in [0.5, 0.6) is 5.75 Å². The van der Waals surface area contributed by atoms with E-state index in [4.69, 9.17) is 23.7 Å². The number of halogens is 4. The van der Waals surface area contributed by atoms with Crippen LogP contribution in [0.3, 0.4) is 0 Å². The van der Waals surface area contributed by atoms with Gasteiger partial charge in [-0.05, 0) is 27.7 Å². The fourth-order valence-electron chi connectivity index (χ4n) is 2.94. The largest absolute Gasteiger partial charge is 0.484 e. The van der Waals surface area contributed by atoms with E-state index in [1.807, 2.05) is 0 Å². The van der Waals surface area contributed by atoms with Gasteiger partial charge in [0.15, 0.2) is 11.6 Å². The topological polar surface area (TPSA) is 59.0 Å². The lowest BCUT2D eigenvalue weighted by Crippen LogP contribution is -2.41. The normalized spacial score (nSPS) is 29.9. The van der Waals surface area contributed by atoms with Crippen LogP contribution < -0.4 is 4.74 Å². The van der Waals surface area contributed by atoms with Crippen LogP contribution in [-0.4, -0.2) is 48.1 Å². The van der Waals surface area contributed by atoms with Gasteiger partial charge in [-0.25, -0.2) is 0 Å². The summed E-state index contributed by atoms with van der Waals surface area (Å²) in [7, 11) is 0. The van der Waals surface area contributed by atoms with Crippen molar-refractivity contribution < 1.29 is 41.2 Å². The van der Waals surface area contributed by atoms with Crippen LogP contribution in [0.2, 0.25) is 0 Å². The monoisotopic (exact) mass is 381 g/mol. The average Bonchev–Trinajstić information content (AvgIpc) is 3.04. The molecule has 1 aromatic rings. The average molecular weight is 381 g/mol. The van der Waals surface area contributed by atoms with Crippen LogP contribution in [0.25, 0.3) is 0 Å². The number of hydrogen-bond donors (Lipinski definition) is 0. The van der Waals surface area contributed by atoms with E-state index in [9.17, 15) is 17.6 Å². The summed E-state index contributed by atoms with van der Waals surface area (Å²) in [4.78, 5) is 2.47. The van der Waals surface area contributed by atoms with Crippen LogP contribution in [0, 0.1) is 23.5 Å². The minimum atomic E-state index is -1.80. The number of ether oxygens (including phenoxy) is 5. The lowest BCUT2D eigenvalue weighted by atomic mass is 10.1. The summed E-state index contributed by atoms with van der Waals surface area (Å²) in [6.45, 7) is 6.54. The summed E-state index contributed by atoms with van der Waals surface area (Å²) >= 11 is 0. The molecule has 3 rings (SSSR count). The molecule has 26 heavy (non-hydrogen) atoms. The first kappa shape index (κ1) is 19.3. The molecule has 0 aromatic carbocycles. The van der Waals surface area contributed by atoms with Gasteiger partial charge >= 0.3 is 0 Å². The number of nitrogens with zero attached hydrogens (tertiary/aromatic N) is 1. The van der Waals surface area contributed by atoms with Crippen LogP contribution in [0.1, 0.15) is 27.7 Å². The first-order valence-electron chi connectivity index (χ1n) is 7.99. The Morgan fingerprint density at radius 3 is 2.12 bits per heavy atom. The highest BCUT2D eigenvalue weighted by Gasteiger charge is 2.50. The molecule has 0 bridgehead atoms. The van der Waals surface area contributed by atoms with Gasteiger partial charge in [0.2, 0.25) is 17.4 Å². The Balaban J connectivity index is 1.76. The summed E-state index contributed by atoms with van der Waals surface area (Å²) < 4.78 is 81.4. The van der Waals surface area contributed by atoms with Crippen molar-refractivity contribution in [3.63, 3.8) is 0 Å². The second-order valence-electron chi connectivity index (χ2n) is 6.97. The molecule has 0 saturated carbocycles. The summed E-state index contributed by atoms with van der Waals surface area (Å²) in [5, 5.41) is 0. The molecule has 0 amide bonds. The van der Waals surface area contributed by atoms with Crippen molar-refractivity contribution in [1.29, 1.82) is 0 Å². The standard InChI is InChI=1S/C16H19F4NO5/c1-15(2)23-6-8(24-15)11-7(25-16(3,4)26-11)5-22-12-9(17)13(19)21-14(20)10(12)18/h7-8,11H,5-6H2,1-4H3. The molecule has 6 nitrogen and oxygen atoms in total. The van der Waals surface area contributed by atoms with Gasteiger partial charge in [0.1, 0.15) is 24.9 Å². The van der Waals surface area contributed by atoms with Crippen molar-refractivity contribution in [3.8, 4) is 5.75 Å². The van der Waals surface area contributed by atoms with E-state index >= 15 is 0 Å². The Kier molecular flexibility index (Phi) is 4.89. The zero-order valence-electron chi connectivity index (χ0n) is 14.6. The third kappa shape index (κ3) is 3.78. The van der Waals surface area contributed by atoms with Crippen molar-refractivity contribution >= 4 is 0 Å². The molecule has 3 heterocycles. The van der Waals surface area contributed by atoms with Gasteiger partial charge in [-0.2, -0.15) is 22.5 Å². The van der Waals surface area contributed by atoms with Crippen molar-refractivity contribution in [2.75, 3.05) is 13.2 Å². The summed E-state index contributed by atoms with van der Waals surface area (Å²) in [5.74, 6) is -10.1. The Morgan fingerprint density at radius 2 is 1.58 bits per heavy atom. The second kappa shape index (κ2) is 6.59. The Hall–Kier alpha value is -1.49. The van der Waals surface area contributed by atoms with E-state index in [0.717, 1.165) is 0 Å². The van der Waals surface area contributed by atoms with Crippen molar-refractivity contribution in [2.24, 2.45) is 0 Å². The molecule has 3 atom stereocenters. The van der Waals surface area contributed by atoms with Gasteiger partial charge in [0, 0.05) is 0 Å². The molecule has 2 saturated heterocycles. The van der Waals surface area contributed by atoms with Crippen LogP contribution in [0.4, 0.5) is 17.6 Å². The highest BCUT2D eigenvalue weighted by Crippen LogP contribution is 2.36. The predicted molar refractivity (Wildman–Crippen MR) is 78.3 cm³/mol. The van der Waals surface area contributed by atoms with Gasteiger partial charge in [0.05, 0.1) is 6.61 Å². The quantitative estimate of drug-likeness (QED) is 0.591. The van der Waals surface area contributed by atoms with E-state index in [0.29, 0.717) is 0 Å². The first-order chi connectivity index (χ1) is 12.0. The molecule has 0 aliphatic carbocycles. The predicted octanol–water partition coefficient (Wildman–Crippen LogP) is 2.69. The number of aromatic nitrogens is 1. The van der Waals surface area contributed by atoms with E-state index in [1.54, 1.807) is 27.7 Å². The maximum absolute atomic E-state index is 13.7. The van der Waals surface area contributed by atoms with Gasteiger partial charge in [-0.3, -0.25) is 0 Å². The zero-order chi connectivity index (χ0) is 19.3. The highest BCUT2D eigenvalue weighted by molar-refractivity contribution is 5.24. The number of pyridine rings is 1. The molecule has 2 fully saturated rings. The molecule has 0 radical (unpaired) electrons. The van der Waals surface area contributed by atoms with E-state index < -0.39 is 65.8 Å². The lowest BCUT2D eigenvalue weighted by molar-refractivity contribution is -0.174. The third-order valence-corrected chi connectivity index (χ3v) is 3.97. The van der Waals surface area contributed by atoms with E-state index in [1.165, 1.54) is 0 Å². The van der Waals surface area contributed by atoms with Gasteiger partial charge in [0.25, 0.3) is 11.9 Å². The zero-order valence-corrected chi connectivity index (χ0v) is 14.6. The first-order valence-corrected chi connectivity index (χ1v) is 7.99.